The summed E-state index contributed by atoms with van der Waals surface area (Å²) in [6.07, 6.45) is 2.07. The number of carboxylic acid groups (broad SMARTS) is 1. The predicted molar refractivity (Wildman–Crippen MR) is 76.9 cm³/mol. The molecule has 118 valence electrons. The molecule has 7 nitrogen and oxygen atoms in total. The zero-order chi connectivity index (χ0) is 16.0. The number of urea groups is 1. The summed E-state index contributed by atoms with van der Waals surface area (Å²) in [5.41, 5.74) is 0. The van der Waals surface area contributed by atoms with E-state index in [2.05, 4.69) is 10.3 Å². The van der Waals surface area contributed by atoms with Gasteiger partial charge in [0.2, 0.25) is 5.89 Å². The highest BCUT2D eigenvalue weighted by atomic mass is 16.4. The third-order valence-electron chi connectivity index (χ3n) is 3.02. The van der Waals surface area contributed by atoms with E-state index in [1.165, 1.54) is 0 Å². The minimum absolute atomic E-state index is 0.0164. The molecule has 0 fully saturated rings. The highest BCUT2D eigenvalue weighted by molar-refractivity contribution is 5.75. The molecule has 0 spiro atoms. The highest BCUT2D eigenvalue weighted by Gasteiger charge is 2.21. The monoisotopic (exact) mass is 297 g/mol. The van der Waals surface area contributed by atoms with E-state index in [-0.39, 0.29) is 24.5 Å². The Balaban J connectivity index is 2.58. The largest absolute Gasteiger partial charge is 0.481 e. The van der Waals surface area contributed by atoms with E-state index in [9.17, 15) is 9.59 Å². The number of hydrogen-bond acceptors (Lipinski definition) is 4. The van der Waals surface area contributed by atoms with Crippen molar-refractivity contribution in [2.45, 2.75) is 52.6 Å². The van der Waals surface area contributed by atoms with Crippen LogP contribution >= 0.6 is 0 Å². The Morgan fingerprint density at radius 1 is 1.43 bits per heavy atom. The number of nitrogens with one attached hydrogen (secondary N) is 1. The minimum atomic E-state index is -0.859. The van der Waals surface area contributed by atoms with Crippen molar-refractivity contribution in [2.75, 3.05) is 6.54 Å². The average Bonchev–Trinajstić information content (AvgIpc) is 2.80. The number of carbonyl (C=O) groups is 2. The Morgan fingerprint density at radius 3 is 2.57 bits per heavy atom. The number of amides is 2. The first-order valence-electron chi connectivity index (χ1n) is 7.02. The van der Waals surface area contributed by atoms with Gasteiger partial charge in [0.15, 0.2) is 0 Å². The van der Waals surface area contributed by atoms with E-state index < -0.39 is 5.97 Å². The van der Waals surface area contributed by atoms with Crippen LogP contribution < -0.4 is 5.32 Å². The van der Waals surface area contributed by atoms with Gasteiger partial charge in [-0.25, -0.2) is 9.78 Å². The third-order valence-corrected chi connectivity index (χ3v) is 3.02. The van der Waals surface area contributed by atoms with Crippen LogP contribution in [0.3, 0.4) is 0 Å². The number of aromatic nitrogens is 1. The minimum Gasteiger partial charge on any atom is -0.481 e. The van der Waals surface area contributed by atoms with E-state index in [0.29, 0.717) is 24.6 Å². The average molecular weight is 297 g/mol. The molecule has 1 aromatic rings. The zero-order valence-corrected chi connectivity index (χ0v) is 12.9. The first kappa shape index (κ1) is 17.0. The van der Waals surface area contributed by atoms with E-state index in [1.54, 1.807) is 24.9 Å². The van der Waals surface area contributed by atoms with Gasteiger partial charge in [-0.05, 0) is 34.1 Å². The predicted octanol–water partition coefficient (Wildman–Crippen LogP) is 2.33. The molecule has 0 aliphatic heterocycles. The summed E-state index contributed by atoms with van der Waals surface area (Å²) >= 11 is 0. The Hall–Kier alpha value is -2.05. The number of carboxylic acids is 1. The van der Waals surface area contributed by atoms with Crippen LogP contribution in [0.4, 0.5) is 4.79 Å². The number of rotatable bonds is 7. The van der Waals surface area contributed by atoms with Crippen molar-refractivity contribution >= 4 is 12.0 Å². The molecule has 0 saturated heterocycles. The standard InChI is InChI=1S/C14H23N3O4/c1-9(2)17(7-5-6-12(18)19)14(20)16-11(4)13-15-8-10(3)21-13/h8-9,11H,5-7H2,1-4H3,(H,16,20)(H,18,19). The van der Waals surface area contributed by atoms with Crippen molar-refractivity contribution in [3.8, 4) is 0 Å². The van der Waals surface area contributed by atoms with E-state index >= 15 is 0 Å². The number of carbonyl (C=O) groups excluding carboxylic acids is 1. The first-order valence-corrected chi connectivity index (χ1v) is 7.02. The van der Waals surface area contributed by atoms with Gasteiger partial charge in [0.1, 0.15) is 11.8 Å². The van der Waals surface area contributed by atoms with Gasteiger partial charge < -0.3 is 19.7 Å². The summed E-state index contributed by atoms with van der Waals surface area (Å²) in [6, 6.07) is -0.608. The van der Waals surface area contributed by atoms with E-state index in [1.807, 2.05) is 13.8 Å². The van der Waals surface area contributed by atoms with Crippen molar-refractivity contribution in [2.24, 2.45) is 0 Å². The lowest BCUT2D eigenvalue weighted by Crippen LogP contribution is -2.45. The van der Waals surface area contributed by atoms with Gasteiger partial charge >= 0.3 is 12.0 Å². The molecule has 0 radical (unpaired) electrons. The number of nitrogens with zero attached hydrogens (tertiary/aromatic N) is 2. The Kier molecular flexibility index (Phi) is 6.20. The molecule has 1 heterocycles. The molecule has 0 aliphatic rings. The fraction of sp³-hybridized carbons (Fsp3) is 0.643. The molecular weight excluding hydrogens is 274 g/mol. The normalized spacial score (nSPS) is 12.2. The fourth-order valence-electron chi connectivity index (χ4n) is 1.90. The van der Waals surface area contributed by atoms with Gasteiger partial charge in [-0.15, -0.1) is 0 Å². The number of aliphatic carboxylic acids is 1. The van der Waals surface area contributed by atoms with Crippen LogP contribution in [0.1, 0.15) is 51.3 Å². The summed E-state index contributed by atoms with van der Waals surface area (Å²) in [7, 11) is 0. The molecule has 1 unspecified atom stereocenters. The van der Waals surface area contributed by atoms with Crippen molar-refractivity contribution in [3.63, 3.8) is 0 Å². The van der Waals surface area contributed by atoms with Crippen molar-refractivity contribution in [3.05, 3.63) is 17.8 Å². The first-order chi connectivity index (χ1) is 9.81. The maximum absolute atomic E-state index is 12.2. The molecular formula is C14H23N3O4. The molecule has 2 amide bonds. The van der Waals surface area contributed by atoms with Crippen LogP contribution in [0.25, 0.3) is 0 Å². The van der Waals surface area contributed by atoms with Gasteiger partial charge in [0, 0.05) is 19.0 Å². The van der Waals surface area contributed by atoms with E-state index in [0.717, 1.165) is 0 Å². The van der Waals surface area contributed by atoms with Gasteiger partial charge in [0.25, 0.3) is 0 Å². The lowest BCUT2D eigenvalue weighted by atomic mass is 10.2. The van der Waals surface area contributed by atoms with Crippen LogP contribution in [-0.4, -0.2) is 39.6 Å². The summed E-state index contributed by atoms with van der Waals surface area (Å²) in [6.45, 7) is 7.75. The molecule has 0 aliphatic carbocycles. The molecule has 21 heavy (non-hydrogen) atoms. The molecule has 1 rings (SSSR count). The molecule has 1 atom stereocenters. The smallest absolute Gasteiger partial charge is 0.318 e. The number of oxazole rings is 1. The summed E-state index contributed by atoms with van der Waals surface area (Å²) in [5.74, 6) is 0.283. The molecule has 2 N–H and O–H groups in total. The Labute approximate surface area is 124 Å². The zero-order valence-electron chi connectivity index (χ0n) is 12.9. The highest BCUT2D eigenvalue weighted by Crippen LogP contribution is 2.13. The molecule has 1 aromatic heterocycles. The quantitative estimate of drug-likeness (QED) is 0.805. The SMILES string of the molecule is Cc1cnc(C(C)NC(=O)N(CCCC(=O)O)C(C)C)o1. The fourth-order valence-corrected chi connectivity index (χ4v) is 1.90. The lowest BCUT2D eigenvalue weighted by molar-refractivity contribution is -0.137. The van der Waals surface area contributed by atoms with E-state index in [4.69, 9.17) is 9.52 Å². The maximum Gasteiger partial charge on any atom is 0.318 e. The van der Waals surface area contributed by atoms with Gasteiger partial charge in [-0.3, -0.25) is 4.79 Å². The van der Waals surface area contributed by atoms with Gasteiger partial charge in [0.05, 0.1) is 6.20 Å². The van der Waals surface area contributed by atoms with Crippen molar-refractivity contribution < 1.29 is 19.1 Å². The maximum atomic E-state index is 12.2. The van der Waals surface area contributed by atoms with Gasteiger partial charge in [-0.2, -0.15) is 0 Å². The molecule has 0 bridgehead atoms. The summed E-state index contributed by atoms with van der Waals surface area (Å²) in [4.78, 5) is 28.5. The Bertz CT molecular complexity index is 484. The van der Waals surface area contributed by atoms with Crippen LogP contribution in [-0.2, 0) is 4.79 Å². The second-order valence-corrected chi connectivity index (χ2v) is 5.26. The molecule has 7 heteroatoms. The second kappa shape index (κ2) is 7.66. The third kappa shape index (κ3) is 5.45. The number of hydrogen-bond donors (Lipinski definition) is 2. The van der Waals surface area contributed by atoms with Gasteiger partial charge in [-0.1, -0.05) is 0 Å². The van der Waals surface area contributed by atoms with Crippen LogP contribution in [0.2, 0.25) is 0 Å². The summed E-state index contributed by atoms with van der Waals surface area (Å²) < 4.78 is 5.38. The second-order valence-electron chi connectivity index (χ2n) is 5.26. The lowest BCUT2D eigenvalue weighted by Gasteiger charge is -2.28. The van der Waals surface area contributed by atoms with Crippen LogP contribution in [0, 0.1) is 6.92 Å². The van der Waals surface area contributed by atoms with Crippen molar-refractivity contribution in [1.82, 2.24) is 15.2 Å². The number of aryl methyl sites for hydroxylation is 1. The van der Waals surface area contributed by atoms with Crippen LogP contribution in [0.5, 0.6) is 0 Å². The molecule has 0 saturated carbocycles. The van der Waals surface area contributed by atoms with Crippen LogP contribution in [0.15, 0.2) is 10.6 Å². The van der Waals surface area contributed by atoms with Crippen molar-refractivity contribution in [1.29, 1.82) is 0 Å². The topological polar surface area (TPSA) is 95.7 Å². The summed E-state index contributed by atoms with van der Waals surface area (Å²) in [5, 5.41) is 11.5. The Morgan fingerprint density at radius 2 is 2.10 bits per heavy atom. The molecule has 0 aromatic carbocycles.